The molecule has 7 heteroatoms. The molecular weight excluding hydrogens is 376 g/mol. The van der Waals surface area contributed by atoms with E-state index in [9.17, 15) is 18.4 Å². The van der Waals surface area contributed by atoms with Gasteiger partial charge in [0.1, 0.15) is 11.6 Å². The average molecular weight is 399 g/mol. The molecule has 3 heterocycles. The molecule has 2 amide bonds. The number of amides is 2. The molecule has 2 unspecified atom stereocenters. The van der Waals surface area contributed by atoms with Crippen LogP contribution in [-0.4, -0.2) is 34.8 Å². The Morgan fingerprint density at radius 2 is 1.76 bits per heavy atom. The van der Waals surface area contributed by atoms with Crippen molar-refractivity contribution in [2.24, 2.45) is 5.92 Å². The lowest BCUT2D eigenvalue weighted by atomic mass is 9.99. The van der Waals surface area contributed by atoms with Crippen molar-refractivity contribution in [3.63, 3.8) is 0 Å². The van der Waals surface area contributed by atoms with Gasteiger partial charge < -0.3 is 9.80 Å². The second-order valence-electron chi connectivity index (χ2n) is 7.71. The summed E-state index contributed by atoms with van der Waals surface area (Å²) in [6, 6.07) is 6.83. The minimum Gasteiger partial charge on any atom is -0.335 e. The van der Waals surface area contributed by atoms with Gasteiger partial charge in [0.2, 0.25) is 11.8 Å². The highest BCUT2D eigenvalue weighted by Gasteiger charge is 2.39. The van der Waals surface area contributed by atoms with Gasteiger partial charge in [0.05, 0.1) is 12.0 Å². The van der Waals surface area contributed by atoms with Crippen molar-refractivity contribution in [3.8, 4) is 0 Å². The van der Waals surface area contributed by atoms with Crippen LogP contribution in [0.15, 0.2) is 42.7 Å². The Hall–Kier alpha value is -2.83. The Morgan fingerprint density at radius 1 is 1.03 bits per heavy atom. The van der Waals surface area contributed by atoms with Gasteiger partial charge >= 0.3 is 0 Å². The number of hydrogen-bond donors (Lipinski definition) is 0. The molecule has 0 radical (unpaired) electrons. The van der Waals surface area contributed by atoms with E-state index >= 15 is 0 Å². The van der Waals surface area contributed by atoms with Crippen molar-refractivity contribution in [3.05, 3.63) is 59.9 Å². The van der Waals surface area contributed by atoms with Crippen LogP contribution in [0.2, 0.25) is 0 Å². The third-order valence-electron chi connectivity index (χ3n) is 5.76. The third kappa shape index (κ3) is 4.13. The molecule has 1 aromatic heterocycles. The summed E-state index contributed by atoms with van der Waals surface area (Å²) in [5.74, 6) is -2.36. The molecule has 2 saturated heterocycles. The highest BCUT2D eigenvalue weighted by Crippen LogP contribution is 2.34. The zero-order valence-corrected chi connectivity index (χ0v) is 16.1. The zero-order valence-electron chi connectivity index (χ0n) is 16.1. The molecule has 4 rings (SSSR count). The summed E-state index contributed by atoms with van der Waals surface area (Å²) in [5, 5.41) is 0. The number of benzene rings is 1. The topological polar surface area (TPSA) is 53.5 Å². The van der Waals surface area contributed by atoms with E-state index in [1.54, 1.807) is 12.4 Å². The number of rotatable bonds is 3. The molecule has 1 aromatic carbocycles. The molecule has 5 nitrogen and oxygen atoms in total. The van der Waals surface area contributed by atoms with E-state index < -0.39 is 17.6 Å². The maximum Gasteiger partial charge on any atom is 0.228 e. The summed E-state index contributed by atoms with van der Waals surface area (Å²) >= 11 is 0. The second-order valence-corrected chi connectivity index (χ2v) is 7.71. The molecular formula is C22H23F2N3O2. The van der Waals surface area contributed by atoms with Gasteiger partial charge in [-0.2, -0.15) is 0 Å². The highest BCUT2D eigenvalue weighted by molar-refractivity contribution is 6.00. The summed E-state index contributed by atoms with van der Waals surface area (Å²) in [5.41, 5.74) is 1.20. The third-order valence-corrected chi connectivity index (χ3v) is 5.76. The van der Waals surface area contributed by atoms with Crippen LogP contribution in [0, 0.1) is 17.6 Å². The molecule has 2 atom stereocenters. The Labute approximate surface area is 168 Å². The van der Waals surface area contributed by atoms with Crippen LogP contribution in [0.25, 0.3) is 0 Å². The summed E-state index contributed by atoms with van der Waals surface area (Å²) < 4.78 is 27.2. The monoisotopic (exact) mass is 399 g/mol. The Balaban J connectivity index is 1.55. The van der Waals surface area contributed by atoms with Crippen LogP contribution in [0.1, 0.15) is 43.7 Å². The van der Waals surface area contributed by atoms with Crippen LogP contribution in [-0.2, 0) is 9.59 Å². The van der Waals surface area contributed by atoms with Crippen molar-refractivity contribution in [1.82, 2.24) is 9.88 Å². The first-order chi connectivity index (χ1) is 14.0. The van der Waals surface area contributed by atoms with Gasteiger partial charge in [-0.25, -0.2) is 8.78 Å². The highest BCUT2D eigenvalue weighted by atomic mass is 19.1. The smallest absolute Gasteiger partial charge is 0.228 e. The lowest BCUT2D eigenvalue weighted by Crippen LogP contribution is -2.40. The summed E-state index contributed by atoms with van der Waals surface area (Å²) in [6.45, 7) is 0.783. The number of hydrogen-bond acceptors (Lipinski definition) is 3. The number of carbonyl (C=O) groups is 2. The van der Waals surface area contributed by atoms with Gasteiger partial charge in [-0.1, -0.05) is 12.8 Å². The van der Waals surface area contributed by atoms with E-state index in [4.69, 9.17) is 0 Å². The van der Waals surface area contributed by atoms with Crippen molar-refractivity contribution < 1.29 is 18.4 Å². The number of pyridine rings is 1. The van der Waals surface area contributed by atoms with Crippen molar-refractivity contribution >= 4 is 17.5 Å². The van der Waals surface area contributed by atoms with E-state index in [-0.39, 0.29) is 36.5 Å². The molecule has 2 aliphatic heterocycles. The van der Waals surface area contributed by atoms with Gasteiger partial charge in [0.25, 0.3) is 0 Å². The predicted molar refractivity (Wildman–Crippen MR) is 104 cm³/mol. The Morgan fingerprint density at radius 3 is 2.48 bits per heavy atom. The van der Waals surface area contributed by atoms with Gasteiger partial charge in [0, 0.05) is 43.7 Å². The van der Waals surface area contributed by atoms with Gasteiger partial charge in [0.15, 0.2) is 0 Å². The molecule has 2 fully saturated rings. The summed E-state index contributed by atoms with van der Waals surface area (Å²) in [4.78, 5) is 33.2. The minimum atomic E-state index is -0.743. The largest absolute Gasteiger partial charge is 0.335 e. The lowest BCUT2D eigenvalue weighted by Gasteiger charge is -2.32. The molecule has 0 aliphatic carbocycles. The van der Waals surface area contributed by atoms with Crippen molar-refractivity contribution in [2.75, 3.05) is 18.0 Å². The Kier molecular flexibility index (Phi) is 5.56. The number of likely N-dealkylation sites (tertiary alicyclic amines) is 1. The number of halogens is 2. The minimum absolute atomic E-state index is 0.0382. The molecule has 0 spiro atoms. The van der Waals surface area contributed by atoms with Crippen molar-refractivity contribution in [1.29, 1.82) is 0 Å². The number of nitrogens with zero attached hydrogens (tertiary/aromatic N) is 3. The summed E-state index contributed by atoms with van der Waals surface area (Å²) in [7, 11) is 0. The fourth-order valence-corrected chi connectivity index (χ4v) is 4.36. The first kappa shape index (κ1) is 19.5. The molecule has 2 aromatic rings. The maximum absolute atomic E-state index is 13.6. The SMILES string of the molecule is O=C1CC(C(=O)N2CCCCCC2c2ccncc2)CN1c1cc(F)cc(F)c1. The van der Waals surface area contributed by atoms with Gasteiger partial charge in [-0.05, 0) is 42.7 Å². The molecule has 0 bridgehead atoms. The standard InChI is InChI=1S/C22H23F2N3O2/c23-17-11-18(24)13-19(12-17)27-14-16(10-21(27)28)22(29)26-9-3-1-2-4-20(26)15-5-7-25-8-6-15/h5-8,11-13,16,20H,1-4,9-10,14H2. The van der Waals surface area contributed by atoms with E-state index in [1.165, 1.54) is 4.90 Å². The first-order valence-electron chi connectivity index (χ1n) is 10.00. The van der Waals surface area contributed by atoms with Gasteiger partial charge in [-0.3, -0.25) is 14.6 Å². The van der Waals surface area contributed by atoms with E-state index in [0.29, 0.717) is 6.54 Å². The lowest BCUT2D eigenvalue weighted by molar-refractivity contribution is -0.138. The molecule has 152 valence electrons. The first-order valence-corrected chi connectivity index (χ1v) is 10.00. The molecule has 0 N–H and O–H groups in total. The second kappa shape index (κ2) is 8.27. The van der Waals surface area contributed by atoms with Gasteiger partial charge in [-0.15, -0.1) is 0 Å². The fourth-order valence-electron chi connectivity index (χ4n) is 4.36. The van der Waals surface area contributed by atoms with Crippen LogP contribution in [0.4, 0.5) is 14.5 Å². The fraction of sp³-hybridized carbons (Fsp3) is 0.409. The number of aromatic nitrogens is 1. The number of anilines is 1. The van der Waals surface area contributed by atoms with Crippen LogP contribution in [0.3, 0.4) is 0 Å². The van der Waals surface area contributed by atoms with E-state index in [0.717, 1.165) is 49.4 Å². The summed E-state index contributed by atoms with van der Waals surface area (Å²) in [6.07, 6.45) is 7.39. The normalized spacial score (nSPS) is 22.6. The van der Waals surface area contributed by atoms with Crippen LogP contribution >= 0.6 is 0 Å². The van der Waals surface area contributed by atoms with Crippen molar-refractivity contribution in [2.45, 2.75) is 38.1 Å². The van der Waals surface area contributed by atoms with Crippen LogP contribution in [0.5, 0.6) is 0 Å². The molecule has 2 aliphatic rings. The predicted octanol–water partition coefficient (Wildman–Crippen LogP) is 3.86. The zero-order chi connectivity index (χ0) is 20.4. The van der Waals surface area contributed by atoms with Crippen LogP contribution < -0.4 is 4.90 Å². The molecule has 0 saturated carbocycles. The molecule has 29 heavy (non-hydrogen) atoms. The van der Waals surface area contributed by atoms with E-state index in [2.05, 4.69) is 4.98 Å². The average Bonchev–Trinajstić information content (AvgIpc) is 2.93. The van der Waals surface area contributed by atoms with E-state index in [1.807, 2.05) is 17.0 Å². The maximum atomic E-state index is 13.6. The Bertz CT molecular complexity index is 886. The quantitative estimate of drug-likeness (QED) is 0.788. The number of carbonyl (C=O) groups excluding carboxylic acids is 2.